The minimum Gasteiger partial charge on any atom is -0.493 e. The molecule has 14 heteroatoms. The van der Waals surface area contributed by atoms with Gasteiger partial charge in [-0.1, -0.05) is 45.7 Å². The molecule has 0 bridgehead atoms. The monoisotopic (exact) mass is 703 g/mol. The summed E-state index contributed by atoms with van der Waals surface area (Å²) in [5.41, 5.74) is 11.5. The molecule has 0 radical (unpaired) electrons. The van der Waals surface area contributed by atoms with E-state index in [4.69, 9.17) is 16.2 Å². The second kappa shape index (κ2) is 16.1. The normalized spacial score (nSPS) is 20.7. The fourth-order valence-corrected chi connectivity index (χ4v) is 6.60. The van der Waals surface area contributed by atoms with Crippen molar-refractivity contribution in [1.82, 2.24) is 15.2 Å². The minimum atomic E-state index is -1.98. The fourth-order valence-electron chi connectivity index (χ4n) is 5.79. The van der Waals surface area contributed by atoms with Crippen molar-refractivity contribution in [2.75, 3.05) is 19.7 Å². The van der Waals surface area contributed by atoms with E-state index in [1.807, 2.05) is 25.1 Å². The van der Waals surface area contributed by atoms with Crippen molar-refractivity contribution in [2.45, 2.75) is 102 Å². The molecule has 2 aromatic rings. The third-order valence-electron chi connectivity index (χ3n) is 8.61. The molecule has 1 saturated heterocycles. The second-order valence-corrected chi connectivity index (χ2v) is 14.1. The first-order chi connectivity index (χ1) is 20.7. The molecule has 1 aliphatic heterocycles. The summed E-state index contributed by atoms with van der Waals surface area (Å²) in [5, 5.41) is 13.4. The number of β-amino-alcohol motifs (C(OH)–C–C–N with tert-alkyl or cyclic N) is 1. The van der Waals surface area contributed by atoms with Gasteiger partial charge in [0, 0.05) is 19.4 Å². The number of alkyl halides is 1. The van der Waals surface area contributed by atoms with Crippen LogP contribution in [0.15, 0.2) is 23.7 Å². The summed E-state index contributed by atoms with van der Waals surface area (Å²) in [6.45, 7) is 8.14. The number of halogens is 3. The number of aromatic nitrogens is 1. The van der Waals surface area contributed by atoms with Crippen LogP contribution in [-0.4, -0.2) is 75.8 Å². The molecule has 1 aromatic heterocycles. The smallest absolute Gasteiger partial charge is 0.258 e. The molecule has 3 amide bonds. The number of nitrogens with one attached hydrogen (secondary N) is 1. The number of unbranched alkanes of at least 4 members (excludes halogenated alkanes) is 3. The number of hydrogen-bond acceptors (Lipinski definition) is 8. The molecule has 2 heterocycles. The van der Waals surface area contributed by atoms with Crippen molar-refractivity contribution in [3.63, 3.8) is 0 Å². The third-order valence-corrected chi connectivity index (χ3v) is 9.58. The number of nitrogens with two attached hydrogens (primary N) is 2. The highest BCUT2D eigenvalue weighted by molar-refractivity contribution is 7.13. The summed E-state index contributed by atoms with van der Waals surface area (Å²) >= 11 is 1.51. The lowest BCUT2D eigenvalue weighted by molar-refractivity contribution is -0.149. The van der Waals surface area contributed by atoms with Gasteiger partial charge < -0.3 is 31.5 Å². The number of nitrogens with zero attached hydrogens (tertiary/aromatic N) is 2. The van der Waals surface area contributed by atoms with Crippen LogP contribution in [0.1, 0.15) is 77.0 Å². The molecule has 1 aromatic carbocycles. The number of carbonyl (C=O) groups is 3. The number of aliphatic hydroxyl groups excluding tert-OH is 1. The zero-order valence-corrected chi connectivity index (χ0v) is 29.4. The van der Waals surface area contributed by atoms with Crippen molar-refractivity contribution in [2.24, 2.45) is 16.9 Å². The van der Waals surface area contributed by atoms with Crippen molar-refractivity contribution < 1.29 is 28.6 Å². The predicted molar refractivity (Wildman–Crippen MR) is 182 cm³/mol. The van der Waals surface area contributed by atoms with E-state index in [0.717, 1.165) is 41.8 Å². The first-order valence-electron chi connectivity index (χ1n) is 15.4. The molecule has 2 fully saturated rings. The SMILES string of the molecule is Cc1ncsc1-c1ccc(CC2(C(N)=O)CC(O)CN2C(=O)[C@@H](NC(=O)C2(F)CC2)C(C)(C)C)c(OCCCCCCN)c1.Cl.Cl. The molecule has 2 unspecified atom stereocenters. The second-order valence-electron chi connectivity index (χ2n) is 13.3. The van der Waals surface area contributed by atoms with Crippen LogP contribution >= 0.6 is 36.2 Å². The van der Waals surface area contributed by atoms with Gasteiger partial charge in [0.25, 0.3) is 5.91 Å². The van der Waals surface area contributed by atoms with Crippen LogP contribution in [0.2, 0.25) is 0 Å². The molecule has 1 saturated carbocycles. The number of aliphatic hydroxyl groups is 1. The Labute approximate surface area is 287 Å². The lowest BCUT2D eigenvalue weighted by Crippen LogP contribution is -2.64. The molecule has 3 atom stereocenters. The van der Waals surface area contributed by atoms with E-state index in [1.165, 1.54) is 16.2 Å². The molecule has 258 valence electrons. The topological polar surface area (TPSA) is 161 Å². The van der Waals surface area contributed by atoms with Crippen LogP contribution in [0.25, 0.3) is 10.4 Å². The summed E-state index contributed by atoms with van der Waals surface area (Å²) in [5.74, 6) is -1.66. The van der Waals surface area contributed by atoms with Crippen molar-refractivity contribution in [3.8, 4) is 16.2 Å². The van der Waals surface area contributed by atoms with Gasteiger partial charge in [-0.05, 0) is 61.8 Å². The Morgan fingerprint density at radius 3 is 2.43 bits per heavy atom. The van der Waals surface area contributed by atoms with Gasteiger partial charge in [0.05, 0.1) is 28.8 Å². The number of primary amides is 1. The first kappa shape index (κ1) is 39.7. The van der Waals surface area contributed by atoms with Crippen LogP contribution in [0.4, 0.5) is 4.39 Å². The molecule has 1 aliphatic carbocycles. The van der Waals surface area contributed by atoms with Crippen molar-refractivity contribution >= 4 is 53.9 Å². The Kier molecular flexibility index (Phi) is 13.8. The lowest BCUT2D eigenvalue weighted by Gasteiger charge is -2.41. The number of ether oxygens (including phenoxy) is 1. The van der Waals surface area contributed by atoms with Gasteiger partial charge in [-0.25, -0.2) is 9.37 Å². The third kappa shape index (κ3) is 8.89. The number of benzene rings is 1. The van der Waals surface area contributed by atoms with Crippen molar-refractivity contribution in [3.05, 3.63) is 35.0 Å². The molecule has 6 N–H and O–H groups in total. The highest BCUT2D eigenvalue weighted by Crippen LogP contribution is 2.42. The number of carbonyl (C=O) groups excluding carboxylic acids is 3. The zero-order chi connectivity index (χ0) is 32.3. The van der Waals surface area contributed by atoms with E-state index in [-0.39, 0.29) is 57.0 Å². The molecule has 4 rings (SSSR count). The highest BCUT2D eigenvalue weighted by atomic mass is 35.5. The van der Waals surface area contributed by atoms with E-state index >= 15 is 0 Å². The highest BCUT2D eigenvalue weighted by Gasteiger charge is 2.56. The van der Waals surface area contributed by atoms with Crippen LogP contribution in [0.3, 0.4) is 0 Å². The van der Waals surface area contributed by atoms with E-state index in [9.17, 15) is 23.9 Å². The molecule has 10 nitrogen and oxygen atoms in total. The van der Waals surface area contributed by atoms with Crippen LogP contribution < -0.4 is 21.5 Å². The summed E-state index contributed by atoms with van der Waals surface area (Å²) in [6, 6.07) is 4.55. The molecule has 0 spiro atoms. The molecular formula is C32H48Cl2FN5O5S. The van der Waals surface area contributed by atoms with Gasteiger partial charge >= 0.3 is 0 Å². The van der Waals surface area contributed by atoms with Crippen LogP contribution in [0, 0.1) is 12.3 Å². The number of likely N-dealkylation sites (tertiary alicyclic amines) is 1. The predicted octanol–water partition coefficient (Wildman–Crippen LogP) is 4.25. The largest absolute Gasteiger partial charge is 0.493 e. The Balaban J connectivity index is 0.00000368. The number of thiazole rings is 1. The summed E-state index contributed by atoms with van der Waals surface area (Å²) < 4.78 is 20.9. The van der Waals surface area contributed by atoms with Gasteiger partial charge in [-0.3, -0.25) is 14.4 Å². The number of rotatable bonds is 14. The standard InChI is InChI=1S/C32H46FN5O5S.2ClH/c1-20-25(44-19-36-20)21-9-10-22(24(15-21)43-14-8-6-5-7-13-34)16-32(28(35)41)17-23(39)18-38(32)27(40)26(30(2,3)4)37-29(42)31(33)11-12-31;;/h9-10,15,19,23,26,39H,5-8,11-14,16-18,34H2,1-4H3,(H2,35,41)(H,37,42);2*1H/t23?,26-,32?;;/m1../s1. The van der Waals surface area contributed by atoms with E-state index in [2.05, 4.69) is 10.3 Å². The van der Waals surface area contributed by atoms with Gasteiger partial charge in [0.15, 0.2) is 5.67 Å². The van der Waals surface area contributed by atoms with Crippen LogP contribution in [-0.2, 0) is 20.8 Å². The Morgan fingerprint density at radius 1 is 1.20 bits per heavy atom. The molecule has 2 aliphatic rings. The number of amides is 3. The molecule has 46 heavy (non-hydrogen) atoms. The Bertz CT molecular complexity index is 1370. The van der Waals surface area contributed by atoms with E-state index < -0.39 is 46.5 Å². The maximum atomic E-state index is 14.6. The van der Waals surface area contributed by atoms with Gasteiger partial charge in [-0.15, -0.1) is 36.2 Å². The van der Waals surface area contributed by atoms with Crippen molar-refractivity contribution in [1.29, 1.82) is 0 Å². The maximum absolute atomic E-state index is 14.6. The first-order valence-corrected chi connectivity index (χ1v) is 16.3. The van der Waals surface area contributed by atoms with Gasteiger partial charge in [-0.2, -0.15) is 0 Å². The molecular weight excluding hydrogens is 656 g/mol. The average molecular weight is 705 g/mol. The number of aryl methyl sites for hydroxylation is 1. The van der Waals surface area contributed by atoms with E-state index in [1.54, 1.807) is 26.3 Å². The summed E-state index contributed by atoms with van der Waals surface area (Å²) in [7, 11) is 0. The minimum absolute atomic E-state index is 0. The van der Waals surface area contributed by atoms with E-state index in [0.29, 0.717) is 24.5 Å². The lowest BCUT2D eigenvalue weighted by atomic mass is 9.82. The zero-order valence-electron chi connectivity index (χ0n) is 27.0. The average Bonchev–Trinajstić information content (AvgIpc) is 3.41. The quantitative estimate of drug-likeness (QED) is 0.214. The van der Waals surface area contributed by atoms with Gasteiger partial charge in [0.1, 0.15) is 17.3 Å². The number of hydrogen-bond donors (Lipinski definition) is 4. The van der Waals surface area contributed by atoms with Gasteiger partial charge in [0.2, 0.25) is 11.8 Å². The summed E-state index contributed by atoms with van der Waals surface area (Å²) in [6.07, 6.45) is 2.81. The Hall–Kier alpha value is -2.51. The fraction of sp³-hybridized carbons (Fsp3) is 0.625. The maximum Gasteiger partial charge on any atom is 0.258 e. The summed E-state index contributed by atoms with van der Waals surface area (Å²) in [4.78, 5) is 46.9. The Morgan fingerprint density at radius 2 is 1.87 bits per heavy atom. The van der Waals surface area contributed by atoms with Crippen LogP contribution in [0.5, 0.6) is 5.75 Å².